The van der Waals surface area contributed by atoms with Gasteiger partial charge in [-0.2, -0.15) is 0 Å². The first kappa shape index (κ1) is 11.8. The van der Waals surface area contributed by atoms with Gasteiger partial charge in [-0.05, 0) is 19.3 Å². The number of rotatable bonds is 5. The molecular formula is C8H14O2S2. The van der Waals surface area contributed by atoms with E-state index < -0.39 is 0 Å². The number of unbranched alkanes of at least 4 members (excludes halogenated alkanes) is 1. The van der Waals surface area contributed by atoms with Crippen LogP contribution in [0.2, 0.25) is 0 Å². The van der Waals surface area contributed by atoms with Gasteiger partial charge in [0.05, 0.1) is 32.2 Å². The van der Waals surface area contributed by atoms with Gasteiger partial charge in [0.25, 0.3) is 0 Å². The zero-order valence-electron chi connectivity index (χ0n) is 7.46. The predicted molar refractivity (Wildman–Crippen MR) is 56.1 cm³/mol. The monoisotopic (exact) mass is 206 g/mol. The minimum Gasteiger partial charge on any atom is -0.212 e. The maximum absolute atomic E-state index is 10.6. The summed E-state index contributed by atoms with van der Waals surface area (Å²) in [6, 6.07) is 0. The third-order valence-corrected chi connectivity index (χ3v) is 3.11. The molecule has 0 heterocycles. The molecule has 0 spiro atoms. The van der Waals surface area contributed by atoms with Crippen molar-refractivity contribution in [1.82, 2.24) is 0 Å². The summed E-state index contributed by atoms with van der Waals surface area (Å²) in [5.41, 5.74) is 0. The average Bonchev–Trinajstić information content (AvgIpc) is 2.12. The lowest BCUT2D eigenvalue weighted by Gasteiger charge is -1.99. The Balaban J connectivity index is 4.36. The molecule has 0 aliphatic rings. The third kappa shape index (κ3) is 3.97. The van der Waals surface area contributed by atoms with Gasteiger partial charge in [-0.1, -0.05) is 20.3 Å². The van der Waals surface area contributed by atoms with Crippen LogP contribution in [0.1, 0.15) is 39.5 Å². The summed E-state index contributed by atoms with van der Waals surface area (Å²) in [4.78, 5) is 1.45. The zero-order valence-corrected chi connectivity index (χ0v) is 9.09. The molecule has 0 rings (SSSR count). The quantitative estimate of drug-likeness (QED) is 0.636. The smallest absolute Gasteiger partial charge is 0.0933 e. The van der Waals surface area contributed by atoms with Crippen LogP contribution in [0.4, 0.5) is 0 Å². The molecule has 0 unspecified atom stereocenters. The van der Waals surface area contributed by atoms with Gasteiger partial charge in [0.15, 0.2) is 0 Å². The molecule has 0 saturated heterocycles. The van der Waals surface area contributed by atoms with Gasteiger partial charge in [-0.3, -0.25) is 0 Å². The number of hydrogen-bond donors (Lipinski definition) is 0. The lowest BCUT2D eigenvalue weighted by atomic mass is 10.1. The predicted octanol–water partition coefficient (Wildman–Crippen LogP) is 1.36. The second-order valence-corrected chi connectivity index (χ2v) is 3.79. The summed E-state index contributed by atoms with van der Waals surface area (Å²) in [6.07, 6.45) is 3.50. The van der Waals surface area contributed by atoms with E-state index in [1.165, 1.54) is 0 Å². The topological polar surface area (TPSA) is 34.1 Å². The highest BCUT2D eigenvalue weighted by Gasteiger charge is 2.04. The molecule has 0 saturated carbocycles. The fraction of sp³-hybridized carbons (Fsp3) is 0.750. The third-order valence-electron chi connectivity index (χ3n) is 1.59. The molecule has 0 atom stereocenters. The standard InChI is InChI=1S/C8H14O2S2/c1-3-5-6-8(12-10)7(4-2)11-9/h3-6H2,1-2H3. The van der Waals surface area contributed by atoms with E-state index in [4.69, 9.17) is 0 Å². The van der Waals surface area contributed by atoms with Crippen LogP contribution in [0.15, 0.2) is 0 Å². The summed E-state index contributed by atoms with van der Waals surface area (Å²) in [5.74, 6) is 0. The second-order valence-electron chi connectivity index (χ2n) is 2.47. The van der Waals surface area contributed by atoms with Gasteiger partial charge in [-0.15, -0.1) is 0 Å². The highest BCUT2D eigenvalue weighted by molar-refractivity contribution is 7.76. The molecular weight excluding hydrogens is 192 g/mol. The Labute approximate surface area is 80.5 Å². The lowest BCUT2D eigenvalue weighted by molar-refractivity contribution is 0.699. The minimum atomic E-state index is 0.462. The molecule has 0 aliphatic carbocycles. The van der Waals surface area contributed by atoms with Crippen molar-refractivity contribution < 1.29 is 8.42 Å². The van der Waals surface area contributed by atoms with Crippen LogP contribution in [0.5, 0.6) is 0 Å². The molecule has 0 aromatic rings. The SMILES string of the molecule is CCCCC(=S=O)C(CC)=S=O. The van der Waals surface area contributed by atoms with Crippen molar-refractivity contribution in [3.8, 4) is 0 Å². The molecule has 0 amide bonds. The molecule has 0 aliphatic heterocycles. The normalized spacial score (nSPS) is 9.17. The van der Waals surface area contributed by atoms with Gasteiger partial charge < -0.3 is 0 Å². The highest BCUT2D eigenvalue weighted by Crippen LogP contribution is 1.98. The molecule has 2 nitrogen and oxygen atoms in total. The summed E-state index contributed by atoms with van der Waals surface area (Å²) >= 11 is 0.938. The zero-order chi connectivity index (χ0) is 9.40. The number of hydrogen-bond acceptors (Lipinski definition) is 2. The van der Waals surface area contributed by atoms with Crippen molar-refractivity contribution in [2.75, 3.05) is 0 Å². The first-order valence-electron chi connectivity index (χ1n) is 4.11. The van der Waals surface area contributed by atoms with Crippen molar-refractivity contribution >= 4 is 32.2 Å². The van der Waals surface area contributed by atoms with Gasteiger partial charge in [0.1, 0.15) is 0 Å². The van der Waals surface area contributed by atoms with Crippen molar-refractivity contribution in [2.24, 2.45) is 0 Å². The van der Waals surface area contributed by atoms with Crippen LogP contribution in [-0.4, -0.2) is 18.1 Å². The van der Waals surface area contributed by atoms with E-state index in [0.717, 1.165) is 24.1 Å². The van der Waals surface area contributed by atoms with E-state index >= 15 is 0 Å². The maximum Gasteiger partial charge on any atom is 0.0933 e. The van der Waals surface area contributed by atoms with Gasteiger partial charge in [0.2, 0.25) is 0 Å². The molecule has 70 valence electrons. The van der Waals surface area contributed by atoms with Crippen molar-refractivity contribution in [3.05, 3.63) is 0 Å². The maximum atomic E-state index is 10.6. The van der Waals surface area contributed by atoms with E-state index in [1.54, 1.807) is 0 Å². The van der Waals surface area contributed by atoms with Crippen LogP contribution in [-0.2, 0) is 22.5 Å². The Morgan fingerprint density at radius 1 is 1.08 bits per heavy atom. The van der Waals surface area contributed by atoms with Crippen LogP contribution in [0, 0.1) is 0 Å². The Kier molecular flexibility index (Phi) is 7.29. The van der Waals surface area contributed by atoms with Gasteiger partial charge in [-0.25, -0.2) is 8.42 Å². The van der Waals surface area contributed by atoms with E-state index in [2.05, 4.69) is 6.92 Å². The fourth-order valence-corrected chi connectivity index (χ4v) is 1.85. The van der Waals surface area contributed by atoms with Crippen molar-refractivity contribution in [3.63, 3.8) is 0 Å². The Morgan fingerprint density at radius 2 is 1.67 bits per heavy atom. The molecule has 4 heteroatoms. The second kappa shape index (κ2) is 7.43. The lowest BCUT2D eigenvalue weighted by Crippen LogP contribution is -2.12. The van der Waals surface area contributed by atoms with E-state index in [-0.39, 0.29) is 0 Å². The Morgan fingerprint density at radius 3 is 2.00 bits per heavy atom. The van der Waals surface area contributed by atoms with Gasteiger partial charge in [0, 0.05) is 0 Å². The van der Waals surface area contributed by atoms with E-state index in [1.807, 2.05) is 6.92 Å². The van der Waals surface area contributed by atoms with Crippen LogP contribution >= 0.6 is 0 Å². The molecule has 0 bridgehead atoms. The summed E-state index contributed by atoms with van der Waals surface area (Å²) < 4.78 is 21.1. The molecule has 0 N–H and O–H groups in total. The van der Waals surface area contributed by atoms with Crippen LogP contribution in [0.25, 0.3) is 0 Å². The molecule has 0 aromatic carbocycles. The van der Waals surface area contributed by atoms with Crippen LogP contribution in [0.3, 0.4) is 0 Å². The average molecular weight is 206 g/mol. The molecule has 12 heavy (non-hydrogen) atoms. The van der Waals surface area contributed by atoms with E-state index in [0.29, 0.717) is 33.8 Å². The summed E-state index contributed by atoms with van der Waals surface area (Å²) in [6.45, 7) is 3.98. The summed E-state index contributed by atoms with van der Waals surface area (Å²) in [5, 5.41) is 0. The Hall–Kier alpha value is -0.220. The summed E-state index contributed by atoms with van der Waals surface area (Å²) in [7, 11) is 0. The van der Waals surface area contributed by atoms with Crippen molar-refractivity contribution in [1.29, 1.82) is 0 Å². The first-order chi connectivity index (χ1) is 5.79. The molecule has 0 radical (unpaired) electrons. The minimum absolute atomic E-state index is 0.462. The first-order valence-corrected chi connectivity index (χ1v) is 5.60. The van der Waals surface area contributed by atoms with Gasteiger partial charge >= 0.3 is 0 Å². The Bertz CT molecular complexity index is 235. The van der Waals surface area contributed by atoms with Crippen molar-refractivity contribution in [2.45, 2.75) is 39.5 Å². The molecule has 0 fully saturated rings. The highest BCUT2D eigenvalue weighted by atomic mass is 32.1. The largest absolute Gasteiger partial charge is 0.212 e. The fourth-order valence-electron chi connectivity index (χ4n) is 0.867. The van der Waals surface area contributed by atoms with E-state index in [9.17, 15) is 8.42 Å². The van der Waals surface area contributed by atoms with Crippen LogP contribution < -0.4 is 0 Å². The molecule has 0 aromatic heterocycles.